The van der Waals surface area contributed by atoms with Crippen LogP contribution < -0.4 is 4.90 Å². The molecule has 1 aromatic rings. The number of carbonyl (C=O) groups is 1. The zero-order chi connectivity index (χ0) is 11.5. The van der Waals surface area contributed by atoms with Gasteiger partial charge in [-0.15, -0.1) is 0 Å². The number of carbonyl (C=O) groups excluding carboxylic acids is 1. The Bertz CT molecular complexity index is 361. The Morgan fingerprint density at radius 3 is 2.62 bits per heavy atom. The van der Waals surface area contributed by atoms with Crippen molar-refractivity contribution in [1.82, 2.24) is 4.90 Å². The van der Waals surface area contributed by atoms with Crippen LogP contribution in [0.4, 0.5) is 5.69 Å². The summed E-state index contributed by atoms with van der Waals surface area (Å²) in [6.07, 6.45) is -0.255. The lowest BCUT2D eigenvalue weighted by atomic mass is 10.2. The second kappa shape index (κ2) is 4.63. The van der Waals surface area contributed by atoms with Gasteiger partial charge in [-0.1, -0.05) is 18.2 Å². The molecule has 0 radical (unpaired) electrons. The molecule has 4 heteroatoms. The maximum Gasteiger partial charge on any atom is 0.240 e. The maximum absolute atomic E-state index is 11.9. The maximum atomic E-state index is 11.9. The van der Waals surface area contributed by atoms with Gasteiger partial charge in [-0.05, 0) is 12.1 Å². The van der Waals surface area contributed by atoms with E-state index in [4.69, 9.17) is 5.11 Å². The van der Waals surface area contributed by atoms with Crippen molar-refractivity contribution in [3.63, 3.8) is 0 Å². The van der Waals surface area contributed by atoms with Gasteiger partial charge in [-0.3, -0.25) is 9.69 Å². The van der Waals surface area contributed by atoms with E-state index in [1.807, 2.05) is 35.2 Å². The first-order valence-electron chi connectivity index (χ1n) is 5.39. The van der Waals surface area contributed by atoms with Crippen molar-refractivity contribution in [3.8, 4) is 0 Å². The van der Waals surface area contributed by atoms with Crippen molar-refractivity contribution in [2.45, 2.75) is 6.10 Å². The molecule has 0 aromatic heterocycles. The zero-order valence-corrected chi connectivity index (χ0v) is 9.34. The van der Waals surface area contributed by atoms with Crippen LogP contribution in [0.5, 0.6) is 0 Å². The van der Waals surface area contributed by atoms with Crippen LogP contribution in [0.15, 0.2) is 30.3 Å². The van der Waals surface area contributed by atoms with Gasteiger partial charge >= 0.3 is 0 Å². The van der Waals surface area contributed by atoms with E-state index in [-0.39, 0.29) is 12.0 Å². The number of aliphatic hydroxyl groups is 1. The Morgan fingerprint density at radius 2 is 2.06 bits per heavy atom. The monoisotopic (exact) mass is 220 g/mol. The highest BCUT2D eigenvalue weighted by molar-refractivity contribution is 5.94. The van der Waals surface area contributed by atoms with Crippen LogP contribution in [0.1, 0.15) is 0 Å². The van der Waals surface area contributed by atoms with E-state index in [0.717, 1.165) is 5.69 Å². The Morgan fingerprint density at radius 1 is 1.44 bits per heavy atom. The molecule has 0 atom stereocenters. The summed E-state index contributed by atoms with van der Waals surface area (Å²) in [5.41, 5.74) is 0.897. The normalized spacial score (nSPS) is 16.9. The van der Waals surface area contributed by atoms with E-state index in [9.17, 15) is 4.79 Å². The molecule has 1 aromatic carbocycles. The Labute approximate surface area is 95.1 Å². The molecule has 0 bridgehead atoms. The summed E-state index contributed by atoms with van der Waals surface area (Å²) in [6.45, 7) is 1.59. The van der Waals surface area contributed by atoms with E-state index >= 15 is 0 Å². The van der Waals surface area contributed by atoms with Crippen molar-refractivity contribution in [2.75, 3.05) is 31.6 Å². The smallest absolute Gasteiger partial charge is 0.240 e. The molecule has 1 aliphatic rings. The van der Waals surface area contributed by atoms with Crippen LogP contribution in [0.2, 0.25) is 0 Å². The SMILES string of the molecule is CN(C(=O)CN1CC(O)C1)c1ccccc1. The zero-order valence-electron chi connectivity index (χ0n) is 9.34. The van der Waals surface area contributed by atoms with Gasteiger partial charge in [0.05, 0.1) is 12.6 Å². The highest BCUT2D eigenvalue weighted by Crippen LogP contribution is 2.13. The molecule has 1 N–H and O–H groups in total. The minimum Gasteiger partial charge on any atom is -0.390 e. The van der Waals surface area contributed by atoms with Crippen molar-refractivity contribution in [1.29, 1.82) is 0 Å². The fraction of sp³-hybridized carbons (Fsp3) is 0.417. The second-order valence-electron chi connectivity index (χ2n) is 4.14. The van der Waals surface area contributed by atoms with E-state index in [1.165, 1.54) is 0 Å². The molecule has 1 fully saturated rings. The van der Waals surface area contributed by atoms with Crippen LogP contribution in [-0.4, -0.2) is 48.7 Å². The van der Waals surface area contributed by atoms with Gasteiger partial charge < -0.3 is 10.0 Å². The van der Waals surface area contributed by atoms with Crippen LogP contribution in [0.25, 0.3) is 0 Å². The molecule has 0 aliphatic carbocycles. The van der Waals surface area contributed by atoms with Gasteiger partial charge in [-0.25, -0.2) is 0 Å². The molecule has 86 valence electrons. The number of likely N-dealkylation sites (tertiary alicyclic amines) is 1. The lowest BCUT2D eigenvalue weighted by Crippen LogP contribution is -2.54. The van der Waals surface area contributed by atoms with Crippen molar-refractivity contribution < 1.29 is 9.90 Å². The number of aliphatic hydroxyl groups excluding tert-OH is 1. The lowest BCUT2D eigenvalue weighted by molar-refractivity contribution is -0.122. The summed E-state index contributed by atoms with van der Waals surface area (Å²) >= 11 is 0. The van der Waals surface area contributed by atoms with Crippen LogP contribution in [0, 0.1) is 0 Å². The predicted molar refractivity (Wildman–Crippen MR) is 62.3 cm³/mol. The first-order valence-corrected chi connectivity index (χ1v) is 5.39. The quantitative estimate of drug-likeness (QED) is 0.798. The molecule has 1 amide bonds. The number of benzene rings is 1. The summed E-state index contributed by atoms with van der Waals surface area (Å²) in [4.78, 5) is 15.4. The van der Waals surface area contributed by atoms with E-state index in [0.29, 0.717) is 19.6 Å². The number of β-amino-alcohol motifs (C(OH)–C–C–N with tert-alkyl or cyclic N) is 1. The van der Waals surface area contributed by atoms with Crippen LogP contribution >= 0.6 is 0 Å². The van der Waals surface area contributed by atoms with E-state index in [1.54, 1.807) is 11.9 Å². The van der Waals surface area contributed by atoms with Crippen molar-refractivity contribution in [2.24, 2.45) is 0 Å². The van der Waals surface area contributed by atoms with Gasteiger partial charge in [0.2, 0.25) is 5.91 Å². The molecule has 0 saturated carbocycles. The third-order valence-corrected chi connectivity index (χ3v) is 2.81. The van der Waals surface area contributed by atoms with Gasteiger partial charge in [0, 0.05) is 25.8 Å². The summed E-state index contributed by atoms with van der Waals surface area (Å²) in [6, 6.07) is 9.55. The van der Waals surface area contributed by atoms with Crippen molar-refractivity contribution >= 4 is 11.6 Å². The number of amides is 1. The Balaban J connectivity index is 1.90. The third kappa shape index (κ3) is 2.40. The summed E-state index contributed by atoms with van der Waals surface area (Å²) in [7, 11) is 1.77. The first kappa shape index (κ1) is 11.1. The minimum absolute atomic E-state index is 0.0538. The highest BCUT2D eigenvalue weighted by Gasteiger charge is 2.27. The molecule has 4 nitrogen and oxygen atoms in total. The number of para-hydroxylation sites is 1. The summed E-state index contributed by atoms with van der Waals surface area (Å²) in [5.74, 6) is 0.0538. The summed E-state index contributed by atoms with van der Waals surface area (Å²) < 4.78 is 0. The highest BCUT2D eigenvalue weighted by atomic mass is 16.3. The Kier molecular flexibility index (Phi) is 3.22. The van der Waals surface area contributed by atoms with E-state index < -0.39 is 0 Å². The minimum atomic E-state index is -0.255. The molecule has 16 heavy (non-hydrogen) atoms. The number of rotatable bonds is 3. The van der Waals surface area contributed by atoms with Crippen molar-refractivity contribution in [3.05, 3.63) is 30.3 Å². The van der Waals surface area contributed by atoms with E-state index in [2.05, 4.69) is 0 Å². The molecule has 2 rings (SSSR count). The van der Waals surface area contributed by atoms with Crippen LogP contribution in [0.3, 0.4) is 0 Å². The fourth-order valence-corrected chi connectivity index (χ4v) is 1.76. The molecule has 1 heterocycles. The molecule has 0 unspecified atom stereocenters. The van der Waals surface area contributed by atoms with Gasteiger partial charge in [0.15, 0.2) is 0 Å². The molecule has 0 spiro atoms. The summed E-state index contributed by atoms with van der Waals surface area (Å²) in [5, 5.41) is 9.12. The molecule has 1 saturated heterocycles. The molecular weight excluding hydrogens is 204 g/mol. The number of hydrogen-bond donors (Lipinski definition) is 1. The van der Waals surface area contributed by atoms with Crippen LogP contribution in [-0.2, 0) is 4.79 Å². The first-order chi connectivity index (χ1) is 7.66. The Hall–Kier alpha value is -1.39. The number of nitrogens with zero attached hydrogens (tertiary/aromatic N) is 2. The topological polar surface area (TPSA) is 43.8 Å². The van der Waals surface area contributed by atoms with Gasteiger partial charge in [-0.2, -0.15) is 0 Å². The molecular formula is C12H16N2O2. The number of likely N-dealkylation sites (N-methyl/N-ethyl adjacent to an activating group) is 1. The van der Waals surface area contributed by atoms with Gasteiger partial charge in [0.1, 0.15) is 0 Å². The number of hydrogen-bond acceptors (Lipinski definition) is 3. The fourth-order valence-electron chi connectivity index (χ4n) is 1.76. The largest absolute Gasteiger partial charge is 0.390 e. The lowest BCUT2D eigenvalue weighted by Gasteiger charge is -2.36. The molecule has 1 aliphatic heterocycles. The second-order valence-corrected chi connectivity index (χ2v) is 4.14. The standard InChI is InChI=1S/C12H16N2O2/c1-13(10-5-3-2-4-6-10)12(16)9-14-7-11(15)8-14/h2-6,11,15H,7-9H2,1H3. The number of anilines is 1. The van der Waals surface area contributed by atoms with Gasteiger partial charge in [0.25, 0.3) is 0 Å². The average Bonchev–Trinajstić information content (AvgIpc) is 2.27. The predicted octanol–water partition coefficient (Wildman–Crippen LogP) is 0.326. The third-order valence-electron chi connectivity index (χ3n) is 2.81. The average molecular weight is 220 g/mol.